The van der Waals surface area contributed by atoms with Crippen LogP contribution in [0.15, 0.2) is 37.4 Å². The monoisotopic (exact) mass is 764 g/mol. The number of carbonyl (C=O) groups is 7. The molecule has 7 N–H and O–H groups in total. The fraction of sp³-hybridized carbons (Fsp3) is 0.639. The minimum absolute atomic E-state index is 0. The van der Waals surface area contributed by atoms with Gasteiger partial charge >= 0.3 is 18.0 Å². The summed E-state index contributed by atoms with van der Waals surface area (Å²) in [6, 6.07) is -0.278. The van der Waals surface area contributed by atoms with Crippen molar-refractivity contribution >= 4 is 41.4 Å². The van der Waals surface area contributed by atoms with Crippen LogP contribution in [0.1, 0.15) is 88.5 Å². The quantitative estimate of drug-likeness (QED) is 0.171. The van der Waals surface area contributed by atoms with Crippen molar-refractivity contribution in [3.05, 3.63) is 37.4 Å². The zero-order chi connectivity index (χ0) is 40.6. The van der Waals surface area contributed by atoms with Gasteiger partial charge in [0.25, 0.3) is 0 Å². The van der Waals surface area contributed by atoms with Gasteiger partial charge in [-0.1, -0.05) is 28.2 Å². The van der Waals surface area contributed by atoms with Crippen LogP contribution >= 0.6 is 0 Å². The number of hydrogen-bond acceptors (Lipinski definition) is 12. The first-order chi connectivity index (χ1) is 25.2. The molecule has 2 aliphatic carbocycles. The molecule has 18 heteroatoms. The van der Waals surface area contributed by atoms with E-state index in [0.29, 0.717) is 32.5 Å². The molecule has 4 rings (SSSR count). The highest BCUT2D eigenvalue weighted by Crippen LogP contribution is 2.56. The molecule has 2 aromatic rings. The highest BCUT2D eigenvalue weighted by Gasteiger charge is 2.60. The second-order valence-corrected chi connectivity index (χ2v) is 12.0. The molecule has 2 aromatic heterocycles. The SMILES string of the molecule is C.CCC1(C(C)=O)CC1C(=O)NC.CCN.CCNC(=O)n1ccnc1.CCNC(=O)n1ccnc1.CCNOC(=O)CNC(=O)C1CC1(CC)C(C)=O. The summed E-state index contributed by atoms with van der Waals surface area (Å²) in [5.41, 5.74) is 6.43. The van der Waals surface area contributed by atoms with Gasteiger partial charge in [0.15, 0.2) is 0 Å². The maximum Gasteiger partial charge on any atom is 0.344 e. The van der Waals surface area contributed by atoms with Crippen LogP contribution in [0.25, 0.3) is 0 Å². The van der Waals surface area contributed by atoms with Crippen LogP contribution in [0.2, 0.25) is 0 Å². The summed E-state index contributed by atoms with van der Waals surface area (Å²) in [6.45, 7) is 16.7. The van der Waals surface area contributed by atoms with Crippen molar-refractivity contribution in [2.75, 3.05) is 39.8 Å². The third-order valence-corrected chi connectivity index (χ3v) is 8.57. The lowest BCUT2D eigenvalue weighted by molar-refractivity contribution is -0.150. The molecule has 0 radical (unpaired) electrons. The van der Waals surface area contributed by atoms with E-state index in [1.807, 2.05) is 34.6 Å². The van der Waals surface area contributed by atoms with E-state index in [0.717, 1.165) is 19.4 Å². The normalized spacial score (nSPS) is 19.5. The van der Waals surface area contributed by atoms with E-state index in [1.54, 1.807) is 45.7 Å². The number of imidazole rings is 2. The van der Waals surface area contributed by atoms with E-state index in [2.05, 4.69) is 41.6 Å². The lowest BCUT2D eigenvalue weighted by Crippen LogP contribution is -2.35. The summed E-state index contributed by atoms with van der Waals surface area (Å²) in [7, 11) is 1.61. The number of Topliss-reactive ketones (excluding diaryl/α,β-unsaturated/α-hetero) is 2. The van der Waals surface area contributed by atoms with Gasteiger partial charge in [0.2, 0.25) is 11.8 Å². The van der Waals surface area contributed by atoms with Gasteiger partial charge in [0, 0.05) is 62.3 Å². The summed E-state index contributed by atoms with van der Waals surface area (Å²) in [5.74, 6) is -0.959. The highest BCUT2D eigenvalue weighted by atomic mass is 16.7. The van der Waals surface area contributed by atoms with Crippen LogP contribution < -0.4 is 32.5 Å². The molecule has 54 heavy (non-hydrogen) atoms. The van der Waals surface area contributed by atoms with E-state index in [4.69, 9.17) is 5.73 Å². The number of nitrogens with two attached hydrogens (primary N) is 1. The molecule has 306 valence electrons. The lowest BCUT2D eigenvalue weighted by Gasteiger charge is -2.10. The van der Waals surface area contributed by atoms with Crippen molar-refractivity contribution in [2.45, 2.75) is 88.5 Å². The van der Waals surface area contributed by atoms with Gasteiger partial charge in [-0.2, -0.15) is 5.48 Å². The molecule has 0 bridgehead atoms. The molecular formula is C36H64N10O8. The Labute approximate surface area is 319 Å². The zero-order valence-corrected chi connectivity index (χ0v) is 32.6. The molecule has 0 spiro atoms. The van der Waals surface area contributed by atoms with E-state index in [9.17, 15) is 33.6 Å². The standard InChI is InChI=1S/C12H20N2O4.C9H15NO2.2C6H9N3O.C2H7N.CH4/c1-4-12(8(3)15)6-9(12)11(17)13-7-10(16)18-14-5-2;1-4-9(6(2)11)5-7(9)8(12)10-3;2*1-2-8-6(10)9-4-3-7-5-9;1-2-3;/h9,14H,4-7H2,1-3H3,(H,13,17);7H,4-5H2,1-3H3,(H,10,12);2*3-5H,2H2,1H3,(H,8,10);2-3H2,1H3;1H4. The average Bonchev–Trinajstić information content (AvgIpc) is 3.88. The molecule has 18 nitrogen and oxygen atoms in total. The summed E-state index contributed by atoms with van der Waals surface area (Å²) >= 11 is 0. The molecule has 4 amide bonds. The van der Waals surface area contributed by atoms with Gasteiger partial charge in [0.05, 0.1) is 11.8 Å². The van der Waals surface area contributed by atoms with Crippen molar-refractivity contribution in [2.24, 2.45) is 28.4 Å². The van der Waals surface area contributed by atoms with Crippen molar-refractivity contribution in [3.8, 4) is 0 Å². The smallest absolute Gasteiger partial charge is 0.344 e. The summed E-state index contributed by atoms with van der Waals surface area (Å²) in [4.78, 5) is 90.7. The first-order valence-electron chi connectivity index (χ1n) is 17.8. The fourth-order valence-electron chi connectivity index (χ4n) is 5.24. The molecule has 2 fully saturated rings. The molecule has 0 aliphatic heterocycles. The molecular weight excluding hydrogens is 700 g/mol. The van der Waals surface area contributed by atoms with Gasteiger partial charge in [-0.15, -0.1) is 0 Å². The maximum absolute atomic E-state index is 11.8. The Bertz CT molecular complexity index is 1390. The second kappa shape index (κ2) is 26.7. The number of ketones is 2. The summed E-state index contributed by atoms with van der Waals surface area (Å²) < 4.78 is 2.78. The Hall–Kier alpha value is -4.97. The molecule has 2 saturated carbocycles. The van der Waals surface area contributed by atoms with Crippen LogP contribution in [-0.2, 0) is 28.8 Å². The Morgan fingerprint density at radius 2 is 1.13 bits per heavy atom. The Morgan fingerprint density at radius 3 is 1.41 bits per heavy atom. The minimum atomic E-state index is -0.546. The average molecular weight is 765 g/mol. The van der Waals surface area contributed by atoms with Crippen LogP contribution in [-0.4, -0.2) is 100 Å². The van der Waals surface area contributed by atoms with E-state index in [-0.39, 0.29) is 66.7 Å². The molecule has 0 saturated heterocycles. The number of carbonyl (C=O) groups excluding carboxylic acids is 7. The second-order valence-electron chi connectivity index (χ2n) is 12.0. The molecule has 4 unspecified atom stereocenters. The zero-order valence-electron chi connectivity index (χ0n) is 32.6. The number of aromatic nitrogens is 4. The lowest BCUT2D eigenvalue weighted by atomic mass is 9.95. The van der Waals surface area contributed by atoms with Gasteiger partial charge in [0.1, 0.15) is 30.8 Å². The largest absolute Gasteiger partial charge is 0.369 e. The molecule has 2 heterocycles. The van der Waals surface area contributed by atoms with Crippen molar-refractivity contribution in [1.82, 2.24) is 45.8 Å². The van der Waals surface area contributed by atoms with Crippen molar-refractivity contribution in [3.63, 3.8) is 0 Å². The van der Waals surface area contributed by atoms with Crippen molar-refractivity contribution < 1.29 is 38.4 Å². The Morgan fingerprint density at radius 1 is 0.722 bits per heavy atom. The van der Waals surface area contributed by atoms with Gasteiger partial charge in [-0.25, -0.2) is 24.4 Å². The van der Waals surface area contributed by atoms with Crippen molar-refractivity contribution in [1.29, 1.82) is 0 Å². The third kappa shape index (κ3) is 16.4. The number of rotatable bonds is 12. The Balaban J connectivity index is 0. The van der Waals surface area contributed by atoms with Gasteiger partial charge in [-0.3, -0.25) is 28.3 Å². The molecule has 2 aliphatic rings. The van der Waals surface area contributed by atoms with Gasteiger partial charge < -0.3 is 31.8 Å². The third-order valence-electron chi connectivity index (χ3n) is 8.57. The number of nitrogens with zero attached hydrogens (tertiary/aromatic N) is 4. The predicted octanol–water partition coefficient (Wildman–Crippen LogP) is 2.44. The van der Waals surface area contributed by atoms with Crippen LogP contribution in [0.5, 0.6) is 0 Å². The summed E-state index contributed by atoms with van der Waals surface area (Å²) in [6.07, 6.45) is 12.0. The van der Waals surface area contributed by atoms with E-state index >= 15 is 0 Å². The van der Waals surface area contributed by atoms with E-state index in [1.165, 1.54) is 28.7 Å². The first-order valence-corrected chi connectivity index (χ1v) is 17.8. The maximum atomic E-state index is 11.8. The highest BCUT2D eigenvalue weighted by molar-refractivity contribution is 5.97. The van der Waals surface area contributed by atoms with Gasteiger partial charge in [-0.05, 0) is 66.8 Å². The van der Waals surface area contributed by atoms with Crippen LogP contribution in [0.4, 0.5) is 9.59 Å². The molecule has 0 aromatic carbocycles. The van der Waals surface area contributed by atoms with Crippen LogP contribution in [0, 0.1) is 22.7 Å². The fourth-order valence-corrected chi connectivity index (χ4v) is 5.24. The minimum Gasteiger partial charge on any atom is -0.369 e. The first kappa shape index (κ1) is 51.1. The number of nitrogens with one attached hydrogen (secondary N) is 5. The number of amides is 4. The predicted molar refractivity (Wildman–Crippen MR) is 205 cm³/mol. The Kier molecular flexibility index (Phi) is 25.3. The van der Waals surface area contributed by atoms with Crippen LogP contribution in [0.3, 0.4) is 0 Å². The molecule has 4 atom stereocenters. The number of hydroxylamine groups is 1. The topological polar surface area (TPSA) is 251 Å². The van der Waals surface area contributed by atoms with E-state index < -0.39 is 11.4 Å². The summed E-state index contributed by atoms with van der Waals surface area (Å²) in [5, 5.41) is 10.3. The number of hydrogen-bond donors (Lipinski definition) is 6.